The van der Waals surface area contributed by atoms with E-state index in [2.05, 4.69) is 6.92 Å². The van der Waals surface area contributed by atoms with Crippen LogP contribution < -0.4 is 0 Å². The molecule has 3 heteroatoms. The summed E-state index contributed by atoms with van der Waals surface area (Å²) in [6.07, 6.45) is 2.13. The van der Waals surface area contributed by atoms with Crippen molar-refractivity contribution in [2.75, 3.05) is 6.61 Å². The predicted octanol–water partition coefficient (Wildman–Crippen LogP) is 2.33. The summed E-state index contributed by atoms with van der Waals surface area (Å²) in [5.41, 5.74) is 0. The van der Waals surface area contributed by atoms with Crippen molar-refractivity contribution in [3.63, 3.8) is 0 Å². The van der Waals surface area contributed by atoms with Crippen LogP contribution in [0, 0.1) is 5.92 Å². The van der Waals surface area contributed by atoms with Gasteiger partial charge in [0.1, 0.15) is 5.78 Å². The van der Waals surface area contributed by atoms with Crippen LogP contribution in [0.15, 0.2) is 0 Å². The molecule has 0 fully saturated rings. The predicted molar refractivity (Wildman–Crippen MR) is 54.9 cm³/mol. The zero-order chi connectivity index (χ0) is 11.0. The van der Waals surface area contributed by atoms with Gasteiger partial charge in [0.05, 0.1) is 13.0 Å². The maximum Gasteiger partial charge on any atom is 0.306 e. The fourth-order valence-corrected chi connectivity index (χ4v) is 1.11. The van der Waals surface area contributed by atoms with Gasteiger partial charge in [-0.1, -0.05) is 20.3 Å². The van der Waals surface area contributed by atoms with Crippen LogP contribution in [-0.2, 0) is 14.3 Å². The second-order valence-corrected chi connectivity index (χ2v) is 3.56. The highest BCUT2D eigenvalue weighted by molar-refractivity contribution is 5.83. The van der Waals surface area contributed by atoms with Crippen molar-refractivity contribution >= 4 is 11.8 Å². The summed E-state index contributed by atoms with van der Waals surface area (Å²) in [6.45, 7) is 6.25. The number of esters is 1. The van der Waals surface area contributed by atoms with Crippen LogP contribution in [0.4, 0.5) is 0 Å². The van der Waals surface area contributed by atoms with Gasteiger partial charge >= 0.3 is 5.97 Å². The molecule has 0 spiro atoms. The summed E-state index contributed by atoms with van der Waals surface area (Å²) in [5, 5.41) is 0. The lowest BCUT2D eigenvalue weighted by atomic mass is 10.00. The van der Waals surface area contributed by atoms with E-state index in [1.54, 1.807) is 6.92 Å². The van der Waals surface area contributed by atoms with Gasteiger partial charge in [-0.2, -0.15) is 0 Å². The summed E-state index contributed by atoms with van der Waals surface area (Å²) >= 11 is 0. The molecule has 0 amide bonds. The molecule has 1 unspecified atom stereocenters. The van der Waals surface area contributed by atoms with Crippen LogP contribution in [-0.4, -0.2) is 18.4 Å². The van der Waals surface area contributed by atoms with Gasteiger partial charge < -0.3 is 4.74 Å². The summed E-state index contributed by atoms with van der Waals surface area (Å²) in [6, 6.07) is 0. The molecule has 1 atom stereocenters. The van der Waals surface area contributed by atoms with Gasteiger partial charge in [0, 0.05) is 12.8 Å². The maximum absolute atomic E-state index is 11.3. The van der Waals surface area contributed by atoms with Crippen LogP contribution in [0.3, 0.4) is 0 Å². The average molecular weight is 200 g/mol. The molecule has 0 rings (SSSR count). The number of rotatable bonds is 7. The van der Waals surface area contributed by atoms with Gasteiger partial charge in [-0.15, -0.1) is 0 Å². The van der Waals surface area contributed by atoms with Crippen molar-refractivity contribution in [1.82, 2.24) is 0 Å². The van der Waals surface area contributed by atoms with E-state index in [1.807, 2.05) is 6.92 Å². The first-order chi connectivity index (χ1) is 6.60. The minimum Gasteiger partial charge on any atom is -0.466 e. The lowest BCUT2D eigenvalue weighted by Crippen LogP contribution is -2.09. The van der Waals surface area contributed by atoms with Crippen molar-refractivity contribution in [1.29, 1.82) is 0 Å². The molecule has 0 heterocycles. The first kappa shape index (κ1) is 13.1. The Morgan fingerprint density at radius 3 is 2.36 bits per heavy atom. The fraction of sp³-hybridized carbons (Fsp3) is 0.818. The average Bonchev–Trinajstić information content (AvgIpc) is 2.15. The zero-order valence-corrected chi connectivity index (χ0v) is 9.34. The summed E-state index contributed by atoms with van der Waals surface area (Å²) < 4.78 is 4.73. The van der Waals surface area contributed by atoms with Crippen LogP contribution in [0.5, 0.6) is 0 Å². The third-order valence-corrected chi connectivity index (χ3v) is 2.19. The Hall–Kier alpha value is -0.860. The Labute approximate surface area is 85.8 Å². The lowest BCUT2D eigenvalue weighted by molar-refractivity contribution is -0.144. The van der Waals surface area contributed by atoms with Gasteiger partial charge in [0.25, 0.3) is 0 Å². The Kier molecular flexibility index (Phi) is 7.07. The van der Waals surface area contributed by atoms with E-state index in [4.69, 9.17) is 4.74 Å². The van der Waals surface area contributed by atoms with Crippen LogP contribution >= 0.6 is 0 Å². The molecule has 0 radical (unpaired) electrons. The molecule has 0 aromatic carbocycles. The summed E-state index contributed by atoms with van der Waals surface area (Å²) in [5.74, 6) is 0.308. The highest BCUT2D eigenvalue weighted by atomic mass is 16.5. The monoisotopic (exact) mass is 200 g/mol. The Morgan fingerprint density at radius 2 is 1.86 bits per heavy atom. The highest BCUT2D eigenvalue weighted by Gasteiger charge is 2.10. The lowest BCUT2D eigenvalue weighted by Gasteiger charge is -2.06. The van der Waals surface area contributed by atoms with E-state index in [0.717, 1.165) is 6.42 Å². The molecule has 82 valence electrons. The molecule has 14 heavy (non-hydrogen) atoms. The molecule has 3 nitrogen and oxygen atoms in total. The molecule has 0 aliphatic heterocycles. The van der Waals surface area contributed by atoms with Crippen molar-refractivity contribution in [3.05, 3.63) is 0 Å². The van der Waals surface area contributed by atoms with E-state index in [9.17, 15) is 9.59 Å². The molecule has 0 aliphatic carbocycles. The smallest absolute Gasteiger partial charge is 0.306 e. The van der Waals surface area contributed by atoms with Gasteiger partial charge in [0.2, 0.25) is 0 Å². The third kappa shape index (κ3) is 6.63. The minimum absolute atomic E-state index is 0.160. The van der Waals surface area contributed by atoms with Gasteiger partial charge in [-0.25, -0.2) is 0 Å². The molecule has 0 aliphatic rings. The first-order valence-corrected chi connectivity index (χ1v) is 5.27. The fourth-order valence-electron chi connectivity index (χ4n) is 1.11. The van der Waals surface area contributed by atoms with Gasteiger partial charge in [-0.3, -0.25) is 9.59 Å². The van der Waals surface area contributed by atoms with Crippen LogP contribution in [0.1, 0.15) is 46.5 Å². The standard InChI is InChI=1S/C11H20O3/c1-4-9(3)8-10(12)6-7-11(13)14-5-2/h9H,4-8H2,1-3H3. The SMILES string of the molecule is CCOC(=O)CCC(=O)CC(C)CC. The Morgan fingerprint density at radius 1 is 1.21 bits per heavy atom. The van der Waals surface area contributed by atoms with E-state index in [-0.39, 0.29) is 18.2 Å². The Bertz CT molecular complexity index is 187. The summed E-state index contributed by atoms with van der Waals surface area (Å²) in [4.78, 5) is 22.2. The number of Topliss-reactive ketones (excluding diaryl/α,β-unsaturated/α-hetero) is 1. The van der Waals surface area contributed by atoms with E-state index in [0.29, 0.717) is 25.4 Å². The molecule has 0 saturated heterocycles. The minimum atomic E-state index is -0.273. The van der Waals surface area contributed by atoms with E-state index < -0.39 is 0 Å². The maximum atomic E-state index is 11.3. The second-order valence-electron chi connectivity index (χ2n) is 3.56. The first-order valence-electron chi connectivity index (χ1n) is 5.27. The number of carbonyl (C=O) groups excluding carboxylic acids is 2. The third-order valence-electron chi connectivity index (χ3n) is 2.19. The van der Waals surface area contributed by atoms with E-state index in [1.165, 1.54) is 0 Å². The van der Waals surface area contributed by atoms with Gasteiger partial charge in [-0.05, 0) is 12.8 Å². The van der Waals surface area contributed by atoms with Crippen LogP contribution in [0.25, 0.3) is 0 Å². The van der Waals surface area contributed by atoms with Gasteiger partial charge in [0.15, 0.2) is 0 Å². The molecular formula is C11H20O3. The highest BCUT2D eigenvalue weighted by Crippen LogP contribution is 2.09. The van der Waals surface area contributed by atoms with E-state index >= 15 is 0 Å². The number of hydrogen-bond donors (Lipinski definition) is 0. The molecule has 0 saturated carbocycles. The molecular weight excluding hydrogens is 180 g/mol. The molecule has 0 N–H and O–H groups in total. The quantitative estimate of drug-likeness (QED) is 0.592. The Balaban J connectivity index is 3.58. The molecule has 0 aromatic rings. The molecule has 0 aromatic heterocycles. The van der Waals surface area contributed by atoms with Crippen molar-refractivity contribution in [2.45, 2.75) is 46.5 Å². The largest absolute Gasteiger partial charge is 0.466 e. The number of ether oxygens (including phenoxy) is 1. The zero-order valence-electron chi connectivity index (χ0n) is 9.34. The number of ketones is 1. The number of carbonyl (C=O) groups is 2. The molecule has 0 bridgehead atoms. The van der Waals surface area contributed by atoms with Crippen molar-refractivity contribution in [2.24, 2.45) is 5.92 Å². The van der Waals surface area contributed by atoms with Crippen LogP contribution in [0.2, 0.25) is 0 Å². The number of hydrogen-bond acceptors (Lipinski definition) is 3. The normalized spacial score (nSPS) is 12.2. The van der Waals surface area contributed by atoms with Crippen molar-refractivity contribution < 1.29 is 14.3 Å². The summed E-state index contributed by atoms with van der Waals surface area (Å²) in [7, 11) is 0. The van der Waals surface area contributed by atoms with Crippen molar-refractivity contribution in [3.8, 4) is 0 Å². The topological polar surface area (TPSA) is 43.4 Å². The second kappa shape index (κ2) is 7.54.